The molecule has 0 aliphatic carbocycles. The molecule has 5 heteroatoms. The van der Waals surface area contributed by atoms with Crippen molar-refractivity contribution >= 4 is 10.0 Å². The van der Waals surface area contributed by atoms with E-state index < -0.39 is 10.0 Å². The number of sulfonamides is 1. The molecule has 0 atom stereocenters. The molecule has 2 rings (SSSR count). The van der Waals surface area contributed by atoms with Crippen molar-refractivity contribution in [2.75, 3.05) is 19.3 Å². The first-order chi connectivity index (χ1) is 8.45. The molecule has 4 nitrogen and oxygen atoms in total. The summed E-state index contributed by atoms with van der Waals surface area (Å²) in [5, 5.41) is 0. The normalized spacial score (nSPS) is 19.0. The molecule has 100 valence electrons. The fourth-order valence-corrected chi connectivity index (χ4v) is 3.38. The van der Waals surface area contributed by atoms with Crippen molar-refractivity contribution in [1.82, 2.24) is 9.29 Å². The molecule has 1 aliphatic heterocycles. The first-order valence-corrected chi connectivity index (χ1v) is 8.16. The van der Waals surface area contributed by atoms with Crippen molar-refractivity contribution in [3.05, 3.63) is 29.6 Å². The van der Waals surface area contributed by atoms with Gasteiger partial charge in [0, 0.05) is 25.0 Å². The van der Waals surface area contributed by atoms with Crippen LogP contribution in [0.25, 0.3) is 0 Å². The summed E-state index contributed by atoms with van der Waals surface area (Å²) in [4.78, 5) is 4.19. The van der Waals surface area contributed by atoms with Crippen molar-refractivity contribution in [3.63, 3.8) is 0 Å². The lowest BCUT2D eigenvalue weighted by Gasteiger charge is -2.30. The number of hydrogen-bond donors (Lipinski definition) is 0. The summed E-state index contributed by atoms with van der Waals surface area (Å²) in [7, 11) is -3.01. The molecule has 1 aromatic heterocycles. The standard InChI is InChI=1S/C13H20N2O2S/c1-11-9-13(3-6-14-11)10-12-4-7-15(8-5-12)18(2,16)17/h3,6,9,12H,4-5,7-8,10H2,1-2H3. The molecule has 1 saturated heterocycles. The lowest BCUT2D eigenvalue weighted by molar-refractivity contribution is 0.274. The summed E-state index contributed by atoms with van der Waals surface area (Å²) >= 11 is 0. The summed E-state index contributed by atoms with van der Waals surface area (Å²) in [5.74, 6) is 0.588. The molecule has 0 aromatic carbocycles. The first kappa shape index (κ1) is 13.5. The highest BCUT2D eigenvalue weighted by molar-refractivity contribution is 7.88. The molecular weight excluding hydrogens is 248 g/mol. The van der Waals surface area contributed by atoms with Gasteiger partial charge in [0.25, 0.3) is 0 Å². The summed E-state index contributed by atoms with van der Waals surface area (Å²) in [5.41, 5.74) is 2.35. The third kappa shape index (κ3) is 3.53. The van der Waals surface area contributed by atoms with E-state index >= 15 is 0 Å². The van der Waals surface area contributed by atoms with E-state index in [2.05, 4.69) is 17.1 Å². The Kier molecular flexibility index (Phi) is 4.02. The van der Waals surface area contributed by atoms with E-state index in [9.17, 15) is 8.42 Å². The van der Waals surface area contributed by atoms with Gasteiger partial charge in [-0.3, -0.25) is 4.98 Å². The Hall–Kier alpha value is -0.940. The maximum Gasteiger partial charge on any atom is 0.211 e. The fourth-order valence-electron chi connectivity index (χ4n) is 2.51. The second-order valence-corrected chi connectivity index (χ2v) is 7.10. The van der Waals surface area contributed by atoms with E-state index in [-0.39, 0.29) is 0 Å². The van der Waals surface area contributed by atoms with Crippen LogP contribution in [0.5, 0.6) is 0 Å². The molecule has 0 bridgehead atoms. The molecule has 2 heterocycles. The zero-order valence-electron chi connectivity index (χ0n) is 11.0. The van der Waals surface area contributed by atoms with Crippen LogP contribution in [0.15, 0.2) is 18.3 Å². The van der Waals surface area contributed by atoms with E-state index in [0.717, 1.165) is 25.0 Å². The van der Waals surface area contributed by atoms with Crippen LogP contribution in [0.2, 0.25) is 0 Å². The fraction of sp³-hybridized carbons (Fsp3) is 0.615. The van der Waals surface area contributed by atoms with Crippen LogP contribution in [-0.2, 0) is 16.4 Å². The molecule has 0 unspecified atom stereocenters. The Morgan fingerprint density at radius 1 is 1.39 bits per heavy atom. The second-order valence-electron chi connectivity index (χ2n) is 5.12. The molecule has 1 fully saturated rings. The van der Waals surface area contributed by atoms with E-state index in [1.165, 1.54) is 11.8 Å². The van der Waals surface area contributed by atoms with Crippen LogP contribution in [0.4, 0.5) is 0 Å². The number of pyridine rings is 1. The minimum absolute atomic E-state index is 0.588. The number of aryl methyl sites for hydroxylation is 1. The Morgan fingerprint density at radius 3 is 2.61 bits per heavy atom. The van der Waals surface area contributed by atoms with Crippen molar-refractivity contribution in [2.24, 2.45) is 5.92 Å². The van der Waals surface area contributed by atoms with Gasteiger partial charge in [-0.25, -0.2) is 12.7 Å². The van der Waals surface area contributed by atoms with Gasteiger partial charge >= 0.3 is 0 Å². The average molecular weight is 268 g/mol. The Morgan fingerprint density at radius 2 is 2.06 bits per heavy atom. The zero-order valence-corrected chi connectivity index (χ0v) is 11.8. The highest BCUT2D eigenvalue weighted by atomic mass is 32.2. The highest BCUT2D eigenvalue weighted by Gasteiger charge is 2.24. The highest BCUT2D eigenvalue weighted by Crippen LogP contribution is 2.22. The molecule has 18 heavy (non-hydrogen) atoms. The van der Waals surface area contributed by atoms with Crippen LogP contribution in [-0.4, -0.2) is 37.1 Å². The van der Waals surface area contributed by atoms with E-state index in [1.54, 1.807) is 4.31 Å². The summed E-state index contributed by atoms with van der Waals surface area (Å²) in [6, 6.07) is 4.17. The SMILES string of the molecule is Cc1cc(CC2CCN(S(C)(=O)=O)CC2)ccn1. The van der Waals surface area contributed by atoms with Gasteiger partial charge in [-0.1, -0.05) is 0 Å². The number of hydrogen-bond acceptors (Lipinski definition) is 3. The molecular formula is C13H20N2O2S. The van der Waals surface area contributed by atoms with Crippen molar-refractivity contribution in [1.29, 1.82) is 0 Å². The minimum Gasteiger partial charge on any atom is -0.262 e. The van der Waals surface area contributed by atoms with Gasteiger partial charge in [0.05, 0.1) is 6.26 Å². The van der Waals surface area contributed by atoms with Gasteiger partial charge in [0.1, 0.15) is 0 Å². The van der Waals surface area contributed by atoms with Crippen LogP contribution in [0.3, 0.4) is 0 Å². The van der Waals surface area contributed by atoms with E-state index in [4.69, 9.17) is 0 Å². The molecule has 0 saturated carbocycles. The maximum atomic E-state index is 11.4. The van der Waals surface area contributed by atoms with Gasteiger partial charge in [-0.15, -0.1) is 0 Å². The molecule has 1 aliphatic rings. The van der Waals surface area contributed by atoms with Gasteiger partial charge in [0.2, 0.25) is 10.0 Å². The monoisotopic (exact) mass is 268 g/mol. The third-order valence-electron chi connectivity index (χ3n) is 3.53. The maximum absolute atomic E-state index is 11.4. The Labute approximate surface area is 109 Å². The molecule has 0 amide bonds. The van der Waals surface area contributed by atoms with Gasteiger partial charge in [0.15, 0.2) is 0 Å². The van der Waals surface area contributed by atoms with Gasteiger partial charge in [-0.05, 0) is 49.8 Å². The summed E-state index contributed by atoms with van der Waals surface area (Å²) in [6.07, 6.45) is 6.07. The van der Waals surface area contributed by atoms with Gasteiger partial charge in [-0.2, -0.15) is 0 Å². The number of nitrogens with zero attached hydrogens (tertiary/aromatic N) is 2. The molecule has 1 aromatic rings. The lowest BCUT2D eigenvalue weighted by atomic mass is 9.91. The number of aromatic nitrogens is 1. The minimum atomic E-state index is -3.01. The number of piperidine rings is 1. The van der Waals surface area contributed by atoms with Crippen LogP contribution >= 0.6 is 0 Å². The lowest BCUT2D eigenvalue weighted by Crippen LogP contribution is -2.38. The predicted octanol–water partition coefficient (Wildman–Crippen LogP) is 1.60. The Balaban J connectivity index is 1.91. The summed E-state index contributed by atoms with van der Waals surface area (Å²) < 4.78 is 24.4. The van der Waals surface area contributed by atoms with E-state index in [1.807, 2.05) is 13.1 Å². The molecule has 0 spiro atoms. The third-order valence-corrected chi connectivity index (χ3v) is 4.83. The topological polar surface area (TPSA) is 50.3 Å². The van der Waals surface area contributed by atoms with Crippen LogP contribution in [0.1, 0.15) is 24.1 Å². The molecule has 0 radical (unpaired) electrons. The predicted molar refractivity (Wildman–Crippen MR) is 71.8 cm³/mol. The smallest absolute Gasteiger partial charge is 0.211 e. The quantitative estimate of drug-likeness (QED) is 0.836. The average Bonchev–Trinajstić information content (AvgIpc) is 2.28. The van der Waals surface area contributed by atoms with Crippen molar-refractivity contribution in [3.8, 4) is 0 Å². The summed E-state index contributed by atoms with van der Waals surface area (Å²) in [6.45, 7) is 3.32. The number of rotatable bonds is 3. The van der Waals surface area contributed by atoms with Crippen molar-refractivity contribution < 1.29 is 8.42 Å². The second kappa shape index (κ2) is 5.36. The van der Waals surface area contributed by atoms with E-state index in [0.29, 0.717) is 19.0 Å². The Bertz CT molecular complexity index is 505. The van der Waals surface area contributed by atoms with Crippen molar-refractivity contribution in [2.45, 2.75) is 26.2 Å². The molecule has 0 N–H and O–H groups in total. The largest absolute Gasteiger partial charge is 0.262 e. The first-order valence-electron chi connectivity index (χ1n) is 6.32. The van der Waals surface area contributed by atoms with Crippen LogP contribution in [0, 0.1) is 12.8 Å². The zero-order chi connectivity index (χ0) is 13.2. The van der Waals surface area contributed by atoms with Crippen LogP contribution < -0.4 is 0 Å². The van der Waals surface area contributed by atoms with Gasteiger partial charge < -0.3 is 0 Å².